The summed E-state index contributed by atoms with van der Waals surface area (Å²) < 4.78 is 18.4. The summed E-state index contributed by atoms with van der Waals surface area (Å²) in [6.07, 6.45) is 0.137. The Balaban J connectivity index is 1.98. The van der Waals surface area contributed by atoms with E-state index >= 15 is 0 Å². The maximum atomic E-state index is 12.9. The van der Waals surface area contributed by atoms with Gasteiger partial charge in [-0.05, 0) is 50.1 Å². The molecule has 0 spiro atoms. The van der Waals surface area contributed by atoms with Crippen molar-refractivity contribution in [3.05, 3.63) is 65.5 Å². The molecule has 0 aliphatic heterocycles. The summed E-state index contributed by atoms with van der Waals surface area (Å²) in [5.41, 5.74) is 2.25. The van der Waals surface area contributed by atoms with Crippen molar-refractivity contribution in [3.8, 4) is 5.75 Å². The summed E-state index contributed by atoms with van der Waals surface area (Å²) in [5.74, 6) is -0.0564. The van der Waals surface area contributed by atoms with E-state index in [4.69, 9.17) is 4.74 Å². The summed E-state index contributed by atoms with van der Waals surface area (Å²) >= 11 is 0. The summed E-state index contributed by atoms with van der Waals surface area (Å²) in [6, 6.07) is 13.7. The molecule has 2 aromatic rings. The molecule has 0 heterocycles. The molecule has 23 heavy (non-hydrogen) atoms. The summed E-state index contributed by atoms with van der Waals surface area (Å²) in [5, 5.41) is 3.00. The highest BCUT2D eigenvalue weighted by atomic mass is 19.1. The van der Waals surface area contributed by atoms with E-state index in [-0.39, 0.29) is 17.8 Å². The Labute approximate surface area is 136 Å². The molecule has 0 saturated heterocycles. The highest BCUT2D eigenvalue weighted by Crippen LogP contribution is 2.18. The molecule has 2 aromatic carbocycles. The largest absolute Gasteiger partial charge is 0.481 e. The second-order valence-corrected chi connectivity index (χ2v) is 5.59. The van der Waals surface area contributed by atoms with Gasteiger partial charge in [0, 0.05) is 0 Å². The molecule has 2 atom stereocenters. The fraction of sp³-hybridized carbons (Fsp3) is 0.316. The number of nitrogens with one attached hydrogen (secondary N) is 1. The lowest BCUT2D eigenvalue weighted by atomic mass is 10.0. The van der Waals surface area contributed by atoms with Crippen LogP contribution in [-0.2, 0) is 4.79 Å². The number of carbonyl (C=O) groups excluding carboxylic acids is 1. The fourth-order valence-corrected chi connectivity index (χ4v) is 2.28. The lowest BCUT2D eigenvalue weighted by Gasteiger charge is -2.21. The van der Waals surface area contributed by atoms with Crippen LogP contribution in [-0.4, -0.2) is 12.0 Å². The number of ether oxygens (including phenoxy) is 1. The predicted octanol–water partition coefficient (Wildman–Crippen LogP) is 4.17. The zero-order valence-corrected chi connectivity index (χ0v) is 13.7. The van der Waals surface area contributed by atoms with Crippen molar-refractivity contribution >= 4 is 5.91 Å². The summed E-state index contributed by atoms with van der Waals surface area (Å²) in [6.45, 7) is 5.73. The van der Waals surface area contributed by atoms with Gasteiger partial charge < -0.3 is 10.1 Å². The molecular formula is C19H22FNO2. The molecule has 0 aliphatic rings. The minimum atomic E-state index is -0.653. The Hall–Kier alpha value is -2.36. The van der Waals surface area contributed by atoms with Gasteiger partial charge in [0.05, 0.1) is 6.04 Å². The standard InChI is InChI=1S/C19H22FNO2/c1-4-18(15-7-5-13(2)6-8-15)21-19(22)14(3)23-17-11-9-16(20)10-12-17/h5-12,14,18H,4H2,1-3H3,(H,21,22)/t14-,18-/m0/s1. The fourth-order valence-electron chi connectivity index (χ4n) is 2.28. The number of hydrogen-bond acceptors (Lipinski definition) is 2. The quantitative estimate of drug-likeness (QED) is 0.869. The van der Waals surface area contributed by atoms with Crippen LogP contribution >= 0.6 is 0 Å². The minimum absolute atomic E-state index is 0.0534. The van der Waals surface area contributed by atoms with E-state index in [1.807, 2.05) is 38.1 Å². The highest BCUT2D eigenvalue weighted by molar-refractivity contribution is 5.81. The normalized spacial score (nSPS) is 13.2. The topological polar surface area (TPSA) is 38.3 Å². The Bertz CT molecular complexity index is 637. The second-order valence-electron chi connectivity index (χ2n) is 5.59. The lowest BCUT2D eigenvalue weighted by Crippen LogP contribution is -2.38. The predicted molar refractivity (Wildman–Crippen MR) is 88.8 cm³/mol. The zero-order valence-electron chi connectivity index (χ0n) is 13.7. The van der Waals surface area contributed by atoms with Crippen molar-refractivity contribution in [2.24, 2.45) is 0 Å². The van der Waals surface area contributed by atoms with Crippen LogP contribution in [0.1, 0.15) is 37.4 Å². The molecule has 0 bridgehead atoms. The van der Waals surface area contributed by atoms with Gasteiger partial charge >= 0.3 is 0 Å². The van der Waals surface area contributed by atoms with Crippen LogP contribution in [0.15, 0.2) is 48.5 Å². The molecule has 0 saturated carbocycles. The maximum Gasteiger partial charge on any atom is 0.261 e. The Morgan fingerprint density at radius 1 is 1.13 bits per heavy atom. The van der Waals surface area contributed by atoms with E-state index in [1.165, 1.54) is 29.8 Å². The monoisotopic (exact) mass is 315 g/mol. The van der Waals surface area contributed by atoms with Gasteiger partial charge in [0.15, 0.2) is 6.10 Å². The van der Waals surface area contributed by atoms with Crippen LogP contribution in [0, 0.1) is 12.7 Å². The van der Waals surface area contributed by atoms with Crippen molar-refractivity contribution in [1.82, 2.24) is 5.32 Å². The number of benzene rings is 2. The number of rotatable bonds is 6. The van der Waals surface area contributed by atoms with Crippen LogP contribution in [0.2, 0.25) is 0 Å². The maximum absolute atomic E-state index is 12.9. The average Bonchev–Trinajstić information content (AvgIpc) is 2.55. The third-order valence-electron chi connectivity index (χ3n) is 3.70. The molecule has 1 amide bonds. The lowest BCUT2D eigenvalue weighted by molar-refractivity contribution is -0.128. The Kier molecular flexibility index (Phi) is 5.74. The Morgan fingerprint density at radius 2 is 1.74 bits per heavy atom. The van der Waals surface area contributed by atoms with Gasteiger partial charge in [-0.3, -0.25) is 4.79 Å². The average molecular weight is 315 g/mol. The van der Waals surface area contributed by atoms with E-state index in [9.17, 15) is 9.18 Å². The number of halogens is 1. The SMILES string of the molecule is CC[C@H](NC(=O)[C@H](C)Oc1ccc(F)cc1)c1ccc(C)cc1. The van der Waals surface area contributed by atoms with Crippen molar-refractivity contribution in [1.29, 1.82) is 0 Å². The second kappa shape index (κ2) is 7.77. The molecule has 0 radical (unpaired) electrons. The van der Waals surface area contributed by atoms with Crippen LogP contribution in [0.3, 0.4) is 0 Å². The molecule has 122 valence electrons. The minimum Gasteiger partial charge on any atom is -0.481 e. The summed E-state index contributed by atoms with van der Waals surface area (Å²) in [4.78, 5) is 12.3. The first-order valence-electron chi connectivity index (χ1n) is 7.78. The number of aryl methyl sites for hydroxylation is 1. The number of carbonyl (C=O) groups is 1. The molecule has 0 fully saturated rings. The third-order valence-corrected chi connectivity index (χ3v) is 3.70. The van der Waals surface area contributed by atoms with Gasteiger partial charge in [-0.15, -0.1) is 0 Å². The van der Waals surface area contributed by atoms with Crippen molar-refractivity contribution in [2.45, 2.75) is 39.3 Å². The highest BCUT2D eigenvalue weighted by Gasteiger charge is 2.19. The van der Waals surface area contributed by atoms with Gasteiger partial charge in [-0.1, -0.05) is 36.8 Å². The van der Waals surface area contributed by atoms with E-state index in [2.05, 4.69) is 5.32 Å². The number of amides is 1. The van der Waals surface area contributed by atoms with Gasteiger partial charge in [0.1, 0.15) is 11.6 Å². The Morgan fingerprint density at radius 3 is 2.30 bits per heavy atom. The molecule has 3 nitrogen and oxygen atoms in total. The number of hydrogen-bond donors (Lipinski definition) is 1. The van der Waals surface area contributed by atoms with Gasteiger partial charge in [0.25, 0.3) is 5.91 Å². The molecular weight excluding hydrogens is 293 g/mol. The van der Waals surface area contributed by atoms with E-state index < -0.39 is 6.10 Å². The molecule has 0 aliphatic carbocycles. The summed E-state index contributed by atoms with van der Waals surface area (Å²) in [7, 11) is 0. The van der Waals surface area contributed by atoms with E-state index in [1.54, 1.807) is 6.92 Å². The zero-order chi connectivity index (χ0) is 16.8. The van der Waals surface area contributed by atoms with Crippen LogP contribution in [0.25, 0.3) is 0 Å². The van der Waals surface area contributed by atoms with E-state index in [0.717, 1.165) is 12.0 Å². The van der Waals surface area contributed by atoms with Crippen LogP contribution in [0.4, 0.5) is 4.39 Å². The van der Waals surface area contributed by atoms with Crippen LogP contribution < -0.4 is 10.1 Å². The van der Waals surface area contributed by atoms with Crippen molar-refractivity contribution in [2.75, 3.05) is 0 Å². The first-order valence-corrected chi connectivity index (χ1v) is 7.78. The smallest absolute Gasteiger partial charge is 0.261 e. The first kappa shape index (κ1) is 17.0. The van der Waals surface area contributed by atoms with Gasteiger partial charge in [-0.25, -0.2) is 4.39 Å². The third kappa shape index (κ3) is 4.81. The molecule has 4 heteroatoms. The van der Waals surface area contributed by atoms with Crippen LogP contribution in [0.5, 0.6) is 5.75 Å². The molecule has 2 rings (SSSR count). The molecule has 0 unspecified atom stereocenters. The molecule has 0 aromatic heterocycles. The van der Waals surface area contributed by atoms with Gasteiger partial charge in [0.2, 0.25) is 0 Å². The van der Waals surface area contributed by atoms with Crippen molar-refractivity contribution < 1.29 is 13.9 Å². The van der Waals surface area contributed by atoms with Crippen molar-refractivity contribution in [3.63, 3.8) is 0 Å². The van der Waals surface area contributed by atoms with Gasteiger partial charge in [-0.2, -0.15) is 0 Å². The first-order chi connectivity index (χ1) is 11.0. The van der Waals surface area contributed by atoms with E-state index in [0.29, 0.717) is 5.75 Å². The molecule has 1 N–H and O–H groups in total.